The fourth-order valence-corrected chi connectivity index (χ4v) is 11.7. The summed E-state index contributed by atoms with van der Waals surface area (Å²) in [5.74, 6) is 1.14. The van der Waals surface area contributed by atoms with Crippen LogP contribution < -0.4 is 24.5 Å². The number of hydrogen-bond donors (Lipinski definition) is 1. The zero-order valence-corrected chi connectivity index (χ0v) is 26.9. The average molecular weight is 617 g/mol. The Morgan fingerprint density at radius 3 is 2.39 bits per heavy atom. The lowest BCUT2D eigenvalue weighted by Gasteiger charge is -2.37. The molecule has 3 aliphatic rings. The molecule has 2 saturated heterocycles. The van der Waals surface area contributed by atoms with Crippen LogP contribution in [0.1, 0.15) is 24.5 Å². The molecule has 232 valence electrons. The molecule has 4 atom stereocenters. The summed E-state index contributed by atoms with van der Waals surface area (Å²) in [5.41, 5.74) is 2.00. The largest absolute Gasteiger partial charge is 0.497 e. The van der Waals surface area contributed by atoms with E-state index < -0.39 is 13.7 Å². The van der Waals surface area contributed by atoms with E-state index in [0.717, 1.165) is 28.3 Å². The maximum atomic E-state index is 14.8. The summed E-state index contributed by atoms with van der Waals surface area (Å²) in [6.45, 7) is 7.89. The van der Waals surface area contributed by atoms with E-state index in [9.17, 15) is 14.7 Å². The maximum absolute atomic E-state index is 14.8. The Labute approximate surface area is 259 Å². The van der Waals surface area contributed by atoms with E-state index >= 15 is 0 Å². The van der Waals surface area contributed by atoms with Gasteiger partial charge in [-0.05, 0) is 60.0 Å². The number of anilines is 2. The minimum Gasteiger partial charge on any atom is -0.497 e. The molecule has 3 aromatic rings. The summed E-state index contributed by atoms with van der Waals surface area (Å²) in [5, 5.41) is 11.4. The molecule has 3 aliphatic heterocycles. The molecule has 6 rings (SSSR count). The van der Waals surface area contributed by atoms with E-state index in [1.807, 2.05) is 54.6 Å². The molecular weight excluding hydrogens is 576 g/mol. The van der Waals surface area contributed by atoms with Gasteiger partial charge in [0.15, 0.2) is 5.60 Å². The third-order valence-corrected chi connectivity index (χ3v) is 14.1. The van der Waals surface area contributed by atoms with E-state index in [0.29, 0.717) is 31.9 Å². The molecule has 0 aromatic heterocycles. The van der Waals surface area contributed by atoms with Crippen LogP contribution in [-0.2, 0) is 26.4 Å². The summed E-state index contributed by atoms with van der Waals surface area (Å²) in [6.07, 6.45) is -0.246. The number of methoxy groups -OCH3 is 2. The third-order valence-electron chi connectivity index (χ3n) is 9.78. The molecule has 0 bridgehead atoms. The van der Waals surface area contributed by atoms with Gasteiger partial charge in [-0.15, -0.1) is 0 Å². The average Bonchev–Trinajstić information content (AvgIpc) is 3.66. The number of amides is 2. The van der Waals surface area contributed by atoms with Crippen LogP contribution in [0.25, 0.3) is 0 Å². The molecule has 0 aliphatic carbocycles. The maximum Gasteiger partial charge on any atom is 0.414 e. The normalized spacial score (nSPS) is 24.6. The van der Waals surface area contributed by atoms with Crippen LogP contribution in [0.2, 0.25) is 18.6 Å². The minimum atomic E-state index is -2.28. The molecule has 10 heteroatoms. The van der Waals surface area contributed by atoms with Crippen LogP contribution in [0.5, 0.6) is 11.5 Å². The van der Waals surface area contributed by atoms with Gasteiger partial charge < -0.3 is 29.0 Å². The van der Waals surface area contributed by atoms with Crippen molar-refractivity contribution < 1.29 is 33.6 Å². The number of carbonyl (C=O) groups excluding carboxylic acids is 2. The summed E-state index contributed by atoms with van der Waals surface area (Å²) in [6, 6.07) is 21.6. The van der Waals surface area contributed by atoms with Crippen molar-refractivity contribution in [2.24, 2.45) is 5.92 Å². The Morgan fingerprint density at radius 2 is 1.73 bits per heavy atom. The number of fused-ring (bicyclic) bond motifs is 2. The van der Waals surface area contributed by atoms with Gasteiger partial charge in [-0.2, -0.15) is 0 Å². The van der Waals surface area contributed by atoms with Crippen LogP contribution >= 0.6 is 0 Å². The van der Waals surface area contributed by atoms with Crippen molar-refractivity contribution in [1.82, 2.24) is 0 Å². The Balaban J connectivity index is 1.41. The highest BCUT2D eigenvalue weighted by atomic mass is 28.3. The molecule has 2 amide bonds. The van der Waals surface area contributed by atoms with Gasteiger partial charge in [-0.3, -0.25) is 9.69 Å². The Bertz CT molecular complexity index is 1560. The monoisotopic (exact) mass is 616 g/mol. The van der Waals surface area contributed by atoms with Gasteiger partial charge in [-0.1, -0.05) is 49.5 Å². The molecule has 0 unspecified atom stereocenters. The van der Waals surface area contributed by atoms with Crippen LogP contribution in [0.15, 0.2) is 66.7 Å². The highest BCUT2D eigenvalue weighted by molar-refractivity contribution is 6.91. The number of rotatable bonds is 9. The molecule has 1 N–H and O–H groups in total. The first-order valence-electron chi connectivity index (χ1n) is 15.1. The molecule has 44 heavy (non-hydrogen) atoms. The van der Waals surface area contributed by atoms with Crippen molar-refractivity contribution in [1.29, 1.82) is 0 Å². The van der Waals surface area contributed by atoms with Crippen LogP contribution in [-0.4, -0.2) is 65.3 Å². The molecule has 1 spiro atoms. The number of benzene rings is 3. The van der Waals surface area contributed by atoms with Gasteiger partial charge in [0.25, 0.3) is 5.91 Å². The minimum absolute atomic E-state index is 0.0361. The Kier molecular flexibility index (Phi) is 7.94. The second kappa shape index (κ2) is 11.6. The lowest BCUT2D eigenvalue weighted by Crippen LogP contribution is -2.51. The molecule has 3 aromatic carbocycles. The van der Waals surface area contributed by atoms with Crippen molar-refractivity contribution in [3.05, 3.63) is 77.9 Å². The van der Waals surface area contributed by atoms with E-state index in [-0.39, 0.29) is 36.2 Å². The van der Waals surface area contributed by atoms with Crippen molar-refractivity contribution in [2.45, 2.75) is 50.2 Å². The summed E-state index contributed by atoms with van der Waals surface area (Å²) < 4.78 is 23.2. The summed E-state index contributed by atoms with van der Waals surface area (Å²) in [7, 11) is 0.997. The number of carbonyl (C=O) groups is 2. The first kappa shape index (κ1) is 30.2. The fourth-order valence-electron chi connectivity index (χ4n) is 7.61. The fraction of sp³-hybridized carbons (Fsp3) is 0.412. The van der Waals surface area contributed by atoms with E-state index in [2.05, 4.69) is 32.2 Å². The Morgan fingerprint density at radius 1 is 1.00 bits per heavy atom. The zero-order valence-electron chi connectivity index (χ0n) is 25.9. The number of nitrogens with zero attached hydrogens (tertiary/aromatic N) is 2. The molecular formula is C34H40N2O7Si. The number of hydrogen-bond acceptors (Lipinski definition) is 7. The highest BCUT2D eigenvalue weighted by Crippen LogP contribution is 2.60. The van der Waals surface area contributed by atoms with Crippen molar-refractivity contribution >= 4 is 36.6 Å². The second-order valence-corrected chi connectivity index (χ2v) is 17.1. The van der Waals surface area contributed by atoms with Gasteiger partial charge in [0.2, 0.25) is 0 Å². The molecule has 0 saturated carbocycles. The SMILES string of the molecule is COc1ccc([Si](C)(C)[C@@H]2[C@@H](CCO)O[C@]3(C(=O)N(Cc4cccc(N5CCOC5=O)c4)c4ccc(OC)cc43)[C@H]2C)cc1. The predicted molar refractivity (Wildman–Crippen MR) is 171 cm³/mol. The molecule has 2 fully saturated rings. The van der Waals surface area contributed by atoms with Gasteiger partial charge >= 0.3 is 6.09 Å². The van der Waals surface area contributed by atoms with Gasteiger partial charge in [0, 0.05) is 23.8 Å². The first-order chi connectivity index (χ1) is 21.1. The summed E-state index contributed by atoms with van der Waals surface area (Å²) in [4.78, 5) is 30.5. The van der Waals surface area contributed by atoms with E-state index in [1.165, 1.54) is 5.19 Å². The first-order valence-corrected chi connectivity index (χ1v) is 18.2. The lowest BCUT2D eigenvalue weighted by molar-refractivity contribution is -0.146. The van der Waals surface area contributed by atoms with Crippen LogP contribution in [0.4, 0.5) is 16.2 Å². The quantitative estimate of drug-likeness (QED) is 0.345. The predicted octanol–water partition coefficient (Wildman–Crippen LogP) is 4.81. The van der Waals surface area contributed by atoms with E-state index in [4.69, 9.17) is 18.9 Å². The standard InChI is InChI=1S/C34H40N2O7Si/c1-22-31(44(4,5)27-12-9-25(40-2)10-13-27)30(15-17-37)43-34(22)28-20-26(41-3)11-14-29(28)36(32(34)38)21-23-7-6-8-24(19-23)35-16-18-42-33(35)39/h6-14,19-20,22,30-31,37H,15-18,21H2,1-5H3/t22-,30+,31-,34+/m0/s1. The van der Waals surface area contributed by atoms with Crippen LogP contribution in [0.3, 0.4) is 0 Å². The van der Waals surface area contributed by atoms with Crippen molar-refractivity contribution in [3.8, 4) is 11.5 Å². The molecule has 0 radical (unpaired) electrons. The number of aliphatic hydroxyl groups excluding tert-OH is 1. The van der Waals surface area contributed by atoms with Gasteiger partial charge in [0.05, 0.1) is 47.2 Å². The van der Waals surface area contributed by atoms with Gasteiger partial charge in [0.1, 0.15) is 18.1 Å². The smallest absolute Gasteiger partial charge is 0.414 e. The number of ether oxygens (including phenoxy) is 4. The second-order valence-electron chi connectivity index (χ2n) is 12.4. The lowest BCUT2D eigenvalue weighted by atomic mass is 9.82. The van der Waals surface area contributed by atoms with Gasteiger partial charge in [-0.25, -0.2) is 4.79 Å². The molecule has 9 nitrogen and oxygen atoms in total. The zero-order chi connectivity index (χ0) is 31.2. The number of cyclic esters (lactones) is 1. The number of aliphatic hydroxyl groups is 1. The van der Waals surface area contributed by atoms with Crippen molar-refractivity contribution in [2.75, 3.05) is 43.8 Å². The third kappa shape index (κ3) is 4.76. The summed E-state index contributed by atoms with van der Waals surface area (Å²) >= 11 is 0. The topological polar surface area (TPSA) is 97.8 Å². The van der Waals surface area contributed by atoms with Crippen molar-refractivity contribution in [3.63, 3.8) is 0 Å². The Hall–Kier alpha value is -3.86. The van der Waals surface area contributed by atoms with Crippen LogP contribution in [0, 0.1) is 5.92 Å². The molecule has 3 heterocycles. The van der Waals surface area contributed by atoms with E-state index in [1.54, 1.807) is 24.0 Å². The highest BCUT2D eigenvalue weighted by Gasteiger charge is 2.66.